The molecule has 4 aromatic rings. The lowest BCUT2D eigenvalue weighted by Crippen LogP contribution is -2.31. The molecule has 0 saturated carbocycles. The van der Waals surface area contributed by atoms with Crippen LogP contribution in [-0.4, -0.2) is 54.0 Å². The topological polar surface area (TPSA) is 61.4 Å². The average Bonchev–Trinajstić information content (AvgIpc) is 3.39. The number of nitrogens with one attached hydrogen (secondary N) is 1. The van der Waals surface area contributed by atoms with Crippen LogP contribution in [0, 0.1) is 0 Å². The Morgan fingerprint density at radius 1 is 1.00 bits per heavy atom. The lowest BCUT2D eigenvalue weighted by atomic mass is 10.0. The van der Waals surface area contributed by atoms with Gasteiger partial charge in [0.25, 0.3) is 5.91 Å². The van der Waals surface area contributed by atoms with E-state index in [1.165, 1.54) is 6.07 Å². The summed E-state index contributed by atoms with van der Waals surface area (Å²) >= 11 is 0. The number of benzene rings is 3. The van der Waals surface area contributed by atoms with E-state index in [4.69, 9.17) is 4.98 Å². The van der Waals surface area contributed by atoms with Crippen LogP contribution in [0.2, 0.25) is 0 Å². The summed E-state index contributed by atoms with van der Waals surface area (Å²) in [4.78, 5) is 26.6. The molecule has 3 aromatic carbocycles. The number of carbonyl (C=O) groups is 1. The molecule has 1 atom stereocenters. The van der Waals surface area contributed by atoms with Crippen molar-refractivity contribution in [2.75, 3.05) is 37.4 Å². The molecule has 0 aliphatic carbocycles. The third kappa shape index (κ3) is 5.41. The van der Waals surface area contributed by atoms with Crippen molar-refractivity contribution in [2.24, 2.45) is 0 Å². The summed E-state index contributed by atoms with van der Waals surface area (Å²) in [5, 5.41) is 2.86. The molecular formula is C28H26F3N5O. The van der Waals surface area contributed by atoms with E-state index in [9.17, 15) is 18.0 Å². The molecule has 1 fully saturated rings. The van der Waals surface area contributed by atoms with Gasteiger partial charge in [-0.2, -0.15) is 13.2 Å². The quantitative estimate of drug-likeness (QED) is 0.377. The molecule has 6 nitrogen and oxygen atoms in total. The zero-order valence-electron chi connectivity index (χ0n) is 20.5. The Labute approximate surface area is 212 Å². The summed E-state index contributed by atoms with van der Waals surface area (Å²) in [5.74, 6) is 0.515. The summed E-state index contributed by atoms with van der Waals surface area (Å²) in [5.41, 5.74) is 2.70. The number of anilines is 2. The van der Waals surface area contributed by atoms with E-state index in [-0.39, 0.29) is 5.91 Å². The highest BCUT2D eigenvalue weighted by atomic mass is 19.4. The van der Waals surface area contributed by atoms with Crippen LogP contribution in [0.5, 0.6) is 0 Å². The SMILES string of the molecule is CN(C)[C@H]1CCN(c2cnc3cc(NC(=O)c4ccc(-c5cccc(C(F)(F)F)c5)cc4)ccc3n2)C1. The first-order valence-electron chi connectivity index (χ1n) is 11.9. The van der Waals surface area contributed by atoms with E-state index in [1.807, 2.05) is 6.07 Å². The molecule has 1 amide bonds. The number of rotatable bonds is 5. The molecule has 0 radical (unpaired) electrons. The molecule has 1 aromatic heterocycles. The fourth-order valence-electron chi connectivity index (χ4n) is 4.49. The third-order valence-electron chi connectivity index (χ3n) is 6.68. The summed E-state index contributed by atoms with van der Waals surface area (Å²) < 4.78 is 39.1. The van der Waals surface area contributed by atoms with Crippen molar-refractivity contribution in [3.63, 3.8) is 0 Å². The molecule has 0 unspecified atom stereocenters. The van der Waals surface area contributed by atoms with Crippen LogP contribution in [0.25, 0.3) is 22.2 Å². The minimum absolute atomic E-state index is 0.327. The van der Waals surface area contributed by atoms with E-state index in [0.717, 1.165) is 43.0 Å². The van der Waals surface area contributed by atoms with E-state index in [1.54, 1.807) is 48.7 Å². The van der Waals surface area contributed by atoms with E-state index in [2.05, 4.69) is 34.2 Å². The molecule has 1 N–H and O–H groups in total. The van der Waals surface area contributed by atoms with Crippen LogP contribution in [0.3, 0.4) is 0 Å². The number of hydrogen-bond acceptors (Lipinski definition) is 5. The van der Waals surface area contributed by atoms with Crippen LogP contribution in [0.1, 0.15) is 22.3 Å². The second-order valence-corrected chi connectivity index (χ2v) is 9.39. The fourth-order valence-corrected chi connectivity index (χ4v) is 4.49. The summed E-state index contributed by atoms with van der Waals surface area (Å²) in [6.45, 7) is 1.84. The van der Waals surface area contributed by atoms with Gasteiger partial charge in [-0.05, 0) is 74.1 Å². The fraction of sp³-hybridized carbons (Fsp3) is 0.250. The third-order valence-corrected chi connectivity index (χ3v) is 6.68. The zero-order chi connectivity index (χ0) is 26.2. The van der Waals surface area contributed by atoms with E-state index in [0.29, 0.717) is 33.9 Å². The molecule has 1 aliphatic heterocycles. The molecule has 37 heavy (non-hydrogen) atoms. The Hall–Kier alpha value is -3.98. The predicted octanol–water partition coefficient (Wildman–Crippen LogP) is 5.71. The van der Waals surface area contributed by atoms with Crippen molar-refractivity contribution in [3.8, 4) is 11.1 Å². The van der Waals surface area contributed by atoms with Crippen LogP contribution < -0.4 is 10.2 Å². The molecule has 5 rings (SSSR count). The van der Waals surface area contributed by atoms with Crippen molar-refractivity contribution in [1.82, 2.24) is 14.9 Å². The van der Waals surface area contributed by atoms with Crippen molar-refractivity contribution in [2.45, 2.75) is 18.6 Å². The molecule has 190 valence electrons. The van der Waals surface area contributed by atoms with Crippen LogP contribution >= 0.6 is 0 Å². The summed E-state index contributed by atoms with van der Waals surface area (Å²) in [7, 11) is 4.17. The first kappa shape index (κ1) is 24.7. The minimum atomic E-state index is -4.41. The van der Waals surface area contributed by atoms with E-state index >= 15 is 0 Å². The number of alkyl halides is 3. The highest BCUT2D eigenvalue weighted by Crippen LogP contribution is 2.32. The van der Waals surface area contributed by atoms with Gasteiger partial charge >= 0.3 is 6.18 Å². The highest BCUT2D eigenvalue weighted by molar-refractivity contribution is 6.05. The lowest BCUT2D eigenvalue weighted by molar-refractivity contribution is -0.137. The minimum Gasteiger partial charge on any atom is -0.354 e. The standard InChI is InChI=1S/C28H26F3N5O/c1-35(2)23-12-13-36(17-23)26-16-32-25-15-22(10-11-24(25)34-26)33-27(37)19-8-6-18(7-9-19)20-4-3-5-21(14-20)28(29,30)31/h3-11,14-16,23H,12-13,17H2,1-2H3,(H,33,37)/t23-/m0/s1. The highest BCUT2D eigenvalue weighted by Gasteiger charge is 2.30. The molecular weight excluding hydrogens is 479 g/mol. The Morgan fingerprint density at radius 3 is 2.49 bits per heavy atom. The van der Waals surface area contributed by atoms with Gasteiger partial charge < -0.3 is 15.1 Å². The maximum Gasteiger partial charge on any atom is 0.416 e. The number of aromatic nitrogens is 2. The van der Waals surface area contributed by atoms with Gasteiger partial charge in [0.1, 0.15) is 5.82 Å². The van der Waals surface area contributed by atoms with E-state index < -0.39 is 11.7 Å². The Bertz CT molecular complexity index is 1440. The smallest absolute Gasteiger partial charge is 0.354 e. The first-order valence-corrected chi connectivity index (χ1v) is 11.9. The second-order valence-electron chi connectivity index (χ2n) is 9.39. The molecule has 0 spiro atoms. The predicted molar refractivity (Wildman–Crippen MR) is 139 cm³/mol. The molecule has 1 saturated heterocycles. The number of carbonyl (C=O) groups excluding carboxylic acids is 1. The number of fused-ring (bicyclic) bond motifs is 1. The average molecular weight is 506 g/mol. The number of hydrogen-bond donors (Lipinski definition) is 1. The van der Waals surface area contributed by atoms with Crippen molar-refractivity contribution in [1.29, 1.82) is 0 Å². The van der Waals surface area contributed by atoms with Gasteiger partial charge in [-0.1, -0.05) is 24.3 Å². The second kappa shape index (κ2) is 9.82. The van der Waals surface area contributed by atoms with Gasteiger partial charge in [0, 0.05) is 30.4 Å². The van der Waals surface area contributed by atoms with Crippen LogP contribution in [0.4, 0.5) is 24.7 Å². The number of halogens is 3. The first-order chi connectivity index (χ1) is 17.7. The Morgan fingerprint density at radius 2 is 1.78 bits per heavy atom. The largest absolute Gasteiger partial charge is 0.416 e. The Kier molecular flexibility index (Phi) is 6.55. The number of amides is 1. The summed E-state index contributed by atoms with van der Waals surface area (Å²) in [6.07, 6.45) is -1.57. The molecule has 1 aliphatic rings. The maximum atomic E-state index is 13.0. The Balaban J connectivity index is 1.28. The summed E-state index contributed by atoms with van der Waals surface area (Å²) in [6, 6.07) is 17.4. The van der Waals surface area contributed by atoms with Crippen LogP contribution in [-0.2, 0) is 6.18 Å². The molecule has 9 heteroatoms. The van der Waals surface area contributed by atoms with Gasteiger partial charge in [0.15, 0.2) is 0 Å². The van der Waals surface area contributed by atoms with Gasteiger partial charge in [0.05, 0.1) is 22.8 Å². The van der Waals surface area contributed by atoms with Gasteiger partial charge in [0.2, 0.25) is 0 Å². The number of likely N-dealkylation sites (N-methyl/N-ethyl adjacent to an activating group) is 1. The molecule has 2 heterocycles. The van der Waals surface area contributed by atoms with Crippen LogP contribution in [0.15, 0.2) is 72.9 Å². The van der Waals surface area contributed by atoms with Crippen molar-refractivity contribution in [3.05, 3.63) is 84.1 Å². The number of nitrogens with zero attached hydrogens (tertiary/aromatic N) is 4. The monoisotopic (exact) mass is 505 g/mol. The zero-order valence-corrected chi connectivity index (χ0v) is 20.5. The van der Waals surface area contributed by atoms with Crippen molar-refractivity contribution < 1.29 is 18.0 Å². The van der Waals surface area contributed by atoms with Gasteiger partial charge in [-0.25, -0.2) is 4.98 Å². The van der Waals surface area contributed by atoms with Gasteiger partial charge in [-0.3, -0.25) is 9.78 Å². The lowest BCUT2D eigenvalue weighted by Gasteiger charge is -2.21. The maximum absolute atomic E-state index is 13.0. The molecule has 0 bridgehead atoms. The normalized spacial score (nSPS) is 15.9. The van der Waals surface area contributed by atoms with Gasteiger partial charge in [-0.15, -0.1) is 0 Å². The van der Waals surface area contributed by atoms with Crippen molar-refractivity contribution >= 4 is 28.4 Å².